The van der Waals surface area contributed by atoms with Crippen molar-refractivity contribution >= 4 is 33.0 Å². The summed E-state index contributed by atoms with van der Waals surface area (Å²) >= 11 is 0. The smallest absolute Gasteiger partial charge is 0.0588 e. The van der Waals surface area contributed by atoms with Crippen molar-refractivity contribution < 1.29 is 0 Å². The lowest BCUT2D eigenvalue weighted by molar-refractivity contribution is 0.646. The largest absolute Gasteiger partial charge is 0.309 e. The summed E-state index contributed by atoms with van der Waals surface area (Å²) < 4.78 is 2.50. The summed E-state index contributed by atoms with van der Waals surface area (Å²) in [6, 6.07) is 33.4. The molecule has 7 rings (SSSR count). The Morgan fingerprint density at radius 1 is 0.639 bits per heavy atom. The number of aromatic nitrogens is 1. The third-order valence-corrected chi connectivity index (χ3v) is 8.65. The number of aryl methyl sites for hydroxylation is 1. The molecule has 0 spiro atoms. The van der Waals surface area contributed by atoms with Crippen molar-refractivity contribution in [3.05, 3.63) is 124 Å². The van der Waals surface area contributed by atoms with Gasteiger partial charge in [0, 0.05) is 21.9 Å². The van der Waals surface area contributed by atoms with E-state index in [4.69, 9.17) is 0 Å². The minimum absolute atomic E-state index is 0.0798. The minimum atomic E-state index is -0.0798. The molecular formula is C35H31N. The number of hydrogen-bond donors (Lipinski definition) is 0. The van der Waals surface area contributed by atoms with Gasteiger partial charge in [0.05, 0.1) is 11.0 Å². The molecule has 4 aromatic carbocycles. The normalized spacial score (nSPS) is 16.7. The van der Waals surface area contributed by atoms with Crippen LogP contribution in [-0.4, -0.2) is 4.57 Å². The quantitative estimate of drug-likeness (QED) is 0.245. The molecule has 1 aromatic heterocycles. The number of benzene rings is 4. The molecule has 36 heavy (non-hydrogen) atoms. The minimum Gasteiger partial charge on any atom is -0.309 e. The van der Waals surface area contributed by atoms with Gasteiger partial charge >= 0.3 is 0 Å². The lowest BCUT2D eigenvalue weighted by atomic mass is 9.73. The summed E-state index contributed by atoms with van der Waals surface area (Å²) in [5, 5.41) is 2.68. The molecule has 0 fully saturated rings. The lowest BCUT2D eigenvalue weighted by Gasteiger charge is -2.31. The molecule has 0 saturated heterocycles. The van der Waals surface area contributed by atoms with E-state index >= 15 is 0 Å². The van der Waals surface area contributed by atoms with Crippen molar-refractivity contribution in [3.8, 4) is 5.69 Å². The maximum absolute atomic E-state index is 2.50. The van der Waals surface area contributed by atoms with Crippen molar-refractivity contribution in [3.63, 3.8) is 0 Å². The topological polar surface area (TPSA) is 4.93 Å². The molecule has 0 aliphatic heterocycles. The van der Waals surface area contributed by atoms with E-state index in [2.05, 4.69) is 123 Å². The van der Waals surface area contributed by atoms with Crippen molar-refractivity contribution in [2.75, 3.05) is 0 Å². The summed E-state index contributed by atoms with van der Waals surface area (Å²) in [7, 11) is 0. The van der Waals surface area contributed by atoms with Gasteiger partial charge in [-0.05, 0) is 89.4 Å². The average molecular weight is 466 g/mol. The summed E-state index contributed by atoms with van der Waals surface area (Å²) in [5.41, 5.74) is 15.6. The van der Waals surface area contributed by atoms with Crippen LogP contribution in [-0.2, 0) is 5.41 Å². The van der Waals surface area contributed by atoms with Crippen LogP contribution in [0.3, 0.4) is 0 Å². The van der Waals surface area contributed by atoms with Crippen LogP contribution in [0.15, 0.2) is 102 Å². The van der Waals surface area contributed by atoms with Gasteiger partial charge in [-0.3, -0.25) is 0 Å². The van der Waals surface area contributed by atoms with E-state index in [0.717, 1.165) is 12.8 Å². The Morgan fingerprint density at radius 3 is 2.14 bits per heavy atom. The standard InChI is InChI=1S/C35H31N/c1-22-12-8-9-15-25(22)26-18-19-28-29-20-21-30-27-16-10-11-17-31(27)36(24-13-6-5-7-14-24)34(30)33(29)35(3,4)32(28)23(26)2/h5-17,20-21H,18-19H2,1-4H3. The van der Waals surface area contributed by atoms with E-state index in [0.29, 0.717) is 0 Å². The Kier molecular flexibility index (Phi) is 4.51. The zero-order valence-electron chi connectivity index (χ0n) is 21.5. The molecule has 0 N–H and O–H groups in total. The van der Waals surface area contributed by atoms with E-state index in [9.17, 15) is 0 Å². The number of rotatable bonds is 2. The maximum atomic E-state index is 2.50. The van der Waals surface area contributed by atoms with Crippen LogP contribution in [0.5, 0.6) is 0 Å². The molecule has 1 heteroatoms. The zero-order valence-corrected chi connectivity index (χ0v) is 21.5. The summed E-state index contributed by atoms with van der Waals surface area (Å²) in [4.78, 5) is 0. The highest BCUT2D eigenvalue weighted by Crippen LogP contribution is 2.57. The second-order valence-corrected chi connectivity index (χ2v) is 11.0. The highest BCUT2D eigenvalue weighted by Gasteiger charge is 2.43. The van der Waals surface area contributed by atoms with Crippen molar-refractivity contribution in [1.29, 1.82) is 0 Å². The summed E-state index contributed by atoms with van der Waals surface area (Å²) in [5.74, 6) is 0. The van der Waals surface area contributed by atoms with Gasteiger partial charge in [-0.25, -0.2) is 0 Å². The van der Waals surface area contributed by atoms with Gasteiger partial charge < -0.3 is 4.57 Å². The first kappa shape index (κ1) is 21.4. The van der Waals surface area contributed by atoms with Crippen LogP contribution in [0, 0.1) is 6.92 Å². The molecule has 1 heterocycles. The number of hydrogen-bond acceptors (Lipinski definition) is 0. The molecule has 2 aliphatic carbocycles. The van der Waals surface area contributed by atoms with Crippen molar-refractivity contribution in [2.45, 2.75) is 46.0 Å². The van der Waals surface area contributed by atoms with Crippen LogP contribution < -0.4 is 0 Å². The average Bonchev–Trinajstić information content (AvgIpc) is 3.35. The number of nitrogens with zero attached hydrogens (tertiary/aromatic N) is 1. The first-order chi connectivity index (χ1) is 17.5. The molecule has 5 aromatic rings. The van der Waals surface area contributed by atoms with Crippen LogP contribution in [0.1, 0.15) is 55.9 Å². The monoisotopic (exact) mass is 465 g/mol. The number of allylic oxidation sites excluding steroid dienone is 4. The predicted molar refractivity (Wildman–Crippen MR) is 154 cm³/mol. The van der Waals surface area contributed by atoms with E-state index < -0.39 is 0 Å². The lowest BCUT2D eigenvalue weighted by Crippen LogP contribution is -2.21. The Bertz CT molecular complexity index is 1760. The fraction of sp³-hybridized carbons (Fsp3) is 0.200. The van der Waals surface area contributed by atoms with Crippen LogP contribution in [0.2, 0.25) is 0 Å². The predicted octanol–water partition coefficient (Wildman–Crippen LogP) is 9.40. The fourth-order valence-electron chi connectivity index (χ4n) is 7.22. The van der Waals surface area contributed by atoms with Crippen LogP contribution in [0.4, 0.5) is 0 Å². The SMILES string of the molecule is CC1=C(c2ccccc2C)CCC2=C1C(C)(C)c1c2ccc2c3ccccc3n(-c3ccccc3)c12. The van der Waals surface area contributed by atoms with Gasteiger partial charge in [0.1, 0.15) is 0 Å². The molecule has 0 unspecified atom stereocenters. The molecule has 0 radical (unpaired) electrons. The zero-order chi connectivity index (χ0) is 24.6. The van der Waals surface area contributed by atoms with Gasteiger partial charge in [-0.1, -0.05) is 86.6 Å². The van der Waals surface area contributed by atoms with Gasteiger partial charge in [0.15, 0.2) is 0 Å². The van der Waals surface area contributed by atoms with Crippen molar-refractivity contribution in [2.24, 2.45) is 0 Å². The van der Waals surface area contributed by atoms with E-state index in [-0.39, 0.29) is 5.41 Å². The molecule has 0 saturated carbocycles. The first-order valence-corrected chi connectivity index (χ1v) is 13.1. The van der Waals surface area contributed by atoms with Crippen molar-refractivity contribution in [1.82, 2.24) is 4.57 Å². The van der Waals surface area contributed by atoms with Gasteiger partial charge in [0.25, 0.3) is 0 Å². The van der Waals surface area contributed by atoms with Gasteiger partial charge in [-0.2, -0.15) is 0 Å². The second kappa shape index (κ2) is 7.58. The maximum Gasteiger partial charge on any atom is 0.0588 e. The van der Waals surface area contributed by atoms with Crippen LogP contribution >= 0.6 is 0 Å². The van der Waals surface area contributed by atoms with Gasteiger partial charge in [-0.15, -0.1) is 0 Å². The van der Waals surface area contributed by atoms with E-state index in [1.807, 2.05) is 0 Å². The Balaban J connectivity index is 1.55. The molecule has 0 amide bonds. The summed E-state index contributed by atoms with van der Waals surface area (Å²) in [6.07, 6.45) is 2.20. The van der Waals surface area contributed by atoms with Gasteiger partial charge in [0.2, 0.25) is 0 Å². The van der Waals surface area contributed by atoms with E-state index in [1.165, 1.54) is 60.9 Å². The third-order valence-electron chi connectivity index (χ3n) is 8.65. The molecule has 0 atom stereocenters. The third kappa shape index (κ3) is 2.77. The van der Waals surface area contributed by atoms with E-state index in [1.54, 1.807) is 11.1 Å². The molecule has 1 nitrogen and oxygen atoms in total. The Hall–Kier alpha value is -3.84. The first-order valence-electron chi connectivity index (χ1n) is 13.1. The van der Waals surface area contributed by atoms with Crippen LogP contribution in [0.25, 0.3) is 38.6 Å². The second-order valence-electron chi connectivity index (χ2n) is 11.0. The highest BCUT2D eigenvalue weighted by molar-refractivity contribution is 6.13. The Morgan fingerprint density at radius 2 is 1.33 bits per heavy atom. The molecule has 176 valence electrons. The Labute approximate surface area is 213 Å². The fourth-order valence-corrected chi connectivity index (χ4v) is 7.22. The molecule has 0 bridgehead atoms. The number of fused-ring (bicyclic) bond motifs is 6. The molecular weight excluding hydrogens is 434 g/mol. The molecule has 2 aliphatic rings. The number of para-hydroxylation sites is 2. The summed E-state index contributed by atoms with van der Waals surface area (Å²) in [6.45, 7) is 9.51. The highest BCUT2D eigenvalue weighted by atomic mass is 15.0.